The predicted molar refractivity (Wildman–Crippen MR) is 103 cm³/mol. The summed E-state index contributed by atoms with van der Waals surface area (Å²) in [7, 11) is 0. The van der Waals surface area contributed by atoms with Gasteiger partial charge in [-0.2, -0.15) is 4.37 Å². The molecule has 1 saturated heterocycles. The van der Waals surface area contributed by atoms with Gasteiger partial charge in [0.25, 0.3) is 5.91 Å². The van der Waals surface area contributed by atoms with Gasteiger partial charge in [0.15, 0.2) is 0 Å². The summed E-state index contributed by atoms with van der Waals surface area (Å²) in [4.78, 5) is 21.1. The quantitative estimate of drug-likeness (QED) is 0.798. The van der Waals surface area contributed by atoms with Crippen molar-refractivity contribution < 1.29 is 4.79 Å². The van der Waals surface area contributed by atoms with Gasteiger partial charge in [-0.05, 0) is 31.5 Å². The molecular weight excluding hydrogens is 369 g/mol. The van der Waals surface area contributed by atoms with Crippen LogP contribution in [0.4, 0.5) is 10.8 Å². The van der Waals surface area contributed by atoms with Gasteiger partial charge in [-0.3, -0.25) is 4.79 Å². The van der Waals surface area contributed by atoms with Gasteiger partial charge in [-0.25, -0.2) is 4.98 Å². The number of amides is 1. The van der Waals surface area contributed by atoms with Crippen molar-refractivity contribution in [1.82, 2.24) is 14.3 Å². The number of carbonyl (C=O) groups excluding carboxylic acids is 1. The minimum atomic E-state index is 0. The van der Waals surface area contributed by atoms with Gasteiger partial charge in [0.1, 0.15) is 5.82 Å². The number of hydrogen-bond donors (Lipinski definition) is 1. The Morgan fingerprint density at radius 1 is 1.21 bits per heavy atom. The maximum atomic E-state index is 12.6. The topological polar surface area (TPSA) is 75.4 Å². The van der Waals surface area contributed by atoms with E-state index >= 15 is 0 Å². The fraction of sp³-hybridized carbons (Fsp3) is 0.400. The summed E-state index contributed by atoms with van der Waals surface area (Å²) in [6.07, 6.45) is 0.923. The van der Waals surface area contributed by atoms with E-state index < -0.39 is 0 Å². The van der Waals surface area contributed by atoms with Crippen LogP contribution >= 0.6 is 36.3 Å². The average Bonchev–Trinajstić information content (AvgIpc) is 2.80. The molecule has 1 aromatic heterocycles. The Kier molecular flexibility index (Phi) is 7.72. The lowest BCUT2D eigenvalue weighted by atomic mass is 10.1. The molecular formula is C15H21Cl2N5OS. The fourth-order valence-electron chi connectivity index (χ4n) is 2.58. The Morgan fingerprint density at radius 3 is 2.67 bits per heavy atom. The van der Waals surface area contributed by atoms with Crippen LogP contribution in [0, 0.1) is 6.92 Å². The van der Waals surface area contributed by atoms with Crippen LogP contribution in [-0.2, 0) is 0 Å². The van der Waals surface area contributed by atoms with Crippen molar-refractivity contribution in [3.8, 4) is 0 Å². The van der Waals surface area contributed by atoms with Crippen molar-refractivity contribution in [2.45, 2.75) is 13.3 Å². The first-order valence-electron chi connectivity index (χ1n) is 7.33. The molecule has 3 rings (SSSR count). The van der Waals surface area contributed by atoms with Gasteiger partial charge >= 0.3 is 0 Å². The number of aryl methyl sites for hydroxylation is 1. The molecule has 132 valence electrons. The molecule has 1 amide bonds. The zero-order valence-electron chi connectivity index (χ0n) is 13.3. The largest absolute Gasteiger partial charge is 0.399 e. The summed E-state index contributed by atoms with van der Waals surface area (Å²) >= 11 is 1.42. The number of anilines is 2. The second-order valence-electron chi connectivity index (χ2n) is 5.38. The van der Waals surface area contributed by atoms with Gasteiger partial charge in [-0.1, -0.05) is 6.07 Å². The van der Waals surface area contributed by atoms with Crippen molar-refractivity contribution in [3.05, 3.63) is 35.7 Å². The smallest absolute Gasteiger partial charge is 0.253 e. The third-order valence-corrected chi connectivity index (χ3v) is 4.57. The van der Waals surface area contributed by atoms with Crippen molar-refractivity contribution in [1.29, 1.82) is 0 Å². The number of halogens is 2. The molecule has 2 heterocycles. The van der Waals surface area contributed by atoms with E-state index in [1.165, 1.54) is 11.5 Å². The molecule has 0 spiro atoms. The zero-order valence-corrected chi connectivity index (χ0v) is 15.8. The predicted octanol–water partition coefficient (Wildman–Crippen LogP) is 2.62. The normalized spacial score (nSPS) is 14.4. The van der Waals surface area contributed by atoms with E-state index in [4.69, 9.17) is 5.73 Å². The first-order chi connectivity index (χ1) is 10.6. The third kappa shape index (κ3) is 4.72. The van der Waals surface area contributed by atoms with Crippen molar-refractivity contribution in [2.24, 2.45) is 0 Å². The highest BCUT2D eigenvalue weighted by molar-refractivity contribution is 7.09. The SMILES string of the molecule is Cc1nsc(N2CCCN(C(=O)c3cccc(N)c3)CC2)n1.Cl.Cl. The first kappa shape index (κ1) is 20.5. The van der Waals surface area contributed by atoms with Gasteiger partial charge in [0.05, 0.1) is 0 Å². The number of nitrogen functional groups attached to an aromatic ring is 1. The number of benzene rings is 1. The minimum absolute atomic E-state index is 0. The zero-order chi connectivity index (χ0) is 15.5. The van der Waals surface area contributed by atoms with Crippen LogP contribution in [0.15, 0.2) is 24.3 Å². The van der Waals surface area contributed by atoms with Crippen molar-refractivity contribution >= 4 is 53.1 Å². The number of carbonyl (C=O) groups is 1. The van der Waals surface area contributed by atoms with E-state index in [-0.39, 0.29) is 30.7 Å². The number of aromatic nitrogens is 2. The van der Waals surface area contributed by atoms with Gasteiger partial charge < -0.3 is 15.5 Å². The summed E-state index contributed by atoms with van der Waals surface area (Å²) < 4.78 is 4.23. The van der Waals surface area contributed by atoms with Crippen LogP contribution in [0.1, 0.15) is 22.6 Å². The Hall–Kier alpha value is -1.57. The Balaban J connectivity index is 0.00000144. The van der Waals surface area contributed by atoms with Crippen LogP contribution < -0.4 is 10.6 Å². The van der Waals surface area contributed by atoms with E-state index in [0.717, 1.165) is 37.0 Å². The Morgan fingerprint density at radius 2 is 2.00 bits per heavy atom. The number of rotatable bonds is 2. The highest BCUT2D eigenvalue weighted by atomic mass is 35.5. The van der Waals surface area contributed by atoms with Crippen LogP contribution in [0.25, 0.3) is 0 Å². The van der Waals surface area contributed by atoms with Crippen LogP contribution in [-0.4, -0.2) is 46.3 Å². The lowest BCUT2D eigenvalue weighted by molar-refractivity contribution is 0.0767. The van der Waals surface area contributed by atoms with E-state index in [9.17, 15) is 4.79 Å². The molecule has 0 unspecified atom stereocenters. The molecule has 6 nitrogen and oxygen atoms in total. The Bertz CT molecular complexity index is 681. The summed E-state index contributed by atoms with van der Waals surface area (Å²) in [6, 6.07) is 7.16. The molecule has 1 fully saturated rings. The van der Waals surface area contributed by atoms with Gasteiger partial charge in [0.2, 0.25) is 5.13 Å². The molecule has 24 heavy (non-hydrogen) atoms. The maximum Gasteiger partial charge on any atom is 0.253 e. The molecule has 0 atom stereocenters. The minimum Gasteiger partial charge on any atom is -0.399 e. The lowest BCUT2D eigenvalue weighted by Crippen LogP contribution is -2.35. The van der Waals surface area contributed by atoms with Gasteiger partial charge in [-0.15, -0.1) is 24.8 Å². The second kappa shape index (κ2) is 9.05. The van der Waals surface area contributed by atoms with Crippen molar-refractivity contribution in [3.63, 3.8) is 0 Å². The molecule has 1 aliphatic heterocycles. The average molecular weight is 390 g/mol. The molecule has 0 saturated carbocycles. The molecule has 0 aliphatic carbocycles. The summed E-state index contributed by atoms with van der Waals surface area (Å²) in [5.41, 5.74) is 7.03. The lowest BCUT2D eigenvalue weighted by Gasteiger charge is -2.21. The first-order valence-corrected chi connectivity index (χ1v) is 8.11. The number of nitrogens with zero attached hydrogens (tertiary/aromatic N) is 4. The number of nitrogens with two attached hydrogens (primary N) is 1. The maximum absolute atomic E-state index is 12.6. The third-order valence-electron chi connectivity index (χ3n) is 3.70. The molecule has 9 heteroatoms. The number of hydrogen-bond acceptors (Lipinski definition) is 6. The monoisotopic (exact) mass is 389 g/mol. The highest BCUT2D eigenvalue weighted by Gasteiger charge is 2.21. The van der Waals surface area contributed by atoms with E-state index in [1.807, 2.05) is 24.0 Å². The van der Waals surface area contributed by atoms with E-state index in [2.05, 4.69) is 14.3 Å². The second-order valence-corrected chi connectivity index (χ2v) is 6.11. The molecule has 2 aromatic rings. The standard InChI is InChI=1S/C15H19N5OS.2ClH/c1-11-17-15(22-18-11)20-7-3-6-19(8-9-20)14(21)12-4-2-5-13(16)10-12;;/h2,4-5,10H,3,6-9,16H2,1H3;2*1H. The molecule has 2 N–H and O–H groups in total. The summed E-state index contributed by atoms with van der Waals surface area (Å²) in [5, 5.41) is 0.941. The van der Waals surface area contributed by atoms with E-state index in [0.29, 0.717) is 17.8 Å². The fourth-order valence-corrected chi connectivity index (χ4v) is 3.31. The van der Waals surface area contributed by atoms with Crippen LogP contribution in [0.2, 0.25) is 0 Å². The molecule has 0 radical (unpaired) electrons. The van der Waals surface area contributed by atoms with Gasteiger partial charge in [0, 0.05) is 49.0 Å². The van der Waals surface area contributed by atoms with E-state index in [1.54, 1.807) is 12.1 Å². The summed E-state index contributed by atoms with van der Waals surface area (Å²) in [5.74, 6) is 0.847. The summed E-state index contributed by atoms with van der Waals surface area (Å²) in [6.45, 7) is 5.01. The van der Waals surface area contributed by atoms with Crippen LogP contribution in [0.3, 0.4) is 0 Å². The molecule has 0 bridgehead atoms. The van der Waals surface area contributed by atoms with Crippen molar-refractivity contribution in [2.75, 3.05) is 36.8 Å². The van der Waals surface area contributed by atoms with Crippen LogP contribution in [0.5, 0.6) is 0 Å². The molecule has 1 aliphatic rings. The highest BCUT2D eigenvalue weighted by Crippen LogP contribution is 2.19. The Labute approximate surface area is 158 Å². The molecule has 1 aromatic carbocycles.